The van der Waals surface area contributed by atoms with Crippen molar-refractivity contribution < 1.29 is 0 Å². The fourth-order valence-corrected chi connectivity index (χ4v) is 7.80. The van der Waals surface area contributed by atoms with Crippen molar-refractivity contribution in [3.05, 3.63) is 170 Å². The number of fused-ring (bicyclic) bond motifs is 5. The summed E-state index contributed by atoms with van der Waals surface area (Å²) in [6.45, 7) is 4.25. The molecule has 3 aromatic heterocycles. The van der Waals surface area contributed by atoms with Crippen molar-refractivity contribution in [3.8, 4) is 51.0 Å². The van der Waals surface area contributed by atoms with Crippen LogP contribution in [0.1, 0.15) is 20.3 Å². The Morgan fingerprint density at radius 1 is 0.439 bits per heavy atom. The second-order valence-corrected chi connectivity index (χ2v) is 14.0. The molecule has 0 unspecified atom stereocenters. The Hall–Kier alpha value is -7.58. The first-order valence-electron chi connectivity index (χ1n) is 19.2. The van der Waals surface area contributed by atoms with Crippen molar-refractivity contribution in [2.24, 2.45) is 0 Å². The molecule has 0 aliphatic carbocycles. The van der Waals surface area contributed by atoms with Gasteiger partial charge in [0.15, 0.2) is 11.6 Å². The zero-order valence-corrected chi connectivity index (χ0v) is 31.5. The third-order valence-corrected chi connectivity index (χ3v) is 10.2. The normalized spacial score (nSPS) is 11.7. The Morgan fingerprint density at radius 3 is 1.68 bits per heavy atom. The van der Waals surface area contributed by atoms with E-state index in [-0.39, 0.29) is 0 Å². The van der Waals surface area contributed by atoms with Crippen LogP contribution in [0.25, 0.3) is 83.6 Å². The standard InChI is InChI=1S/C46H28N8.C3H8/c1-4-12-29(13-5-1)33-22-23-38-35(24-33)37-25-36-34-20-10-18-30-19-11-21-39(42(30)34)54(46-50-28-48-44(52-46)32-16-8-3-9-17-32)40(36)26-41(37)53(38)45-49-27-47-43(51-45)31-14-6-2-7-15-31;1-3-2/h1-28H;3H2,1-2H3. The van der Waals surface area contributed by atoms with Gasteiger partial charge in [-0.1, -0.05) is 148 Å². The van der Waals surface area contributed by atoms with Gasteiger partial charge in [-0.25, -0.2) is 19.9 Å². The minimum absolute atomic E-state index is 0.534. The van der Waals surface area contributed by atoms with Crippen LogP contribution >= 0.6 is 0 Å². The summed E-state index contributed by atoms with van der Waals surface area (Å²) in [7, 11) is 0. The molecule has 0 amide bonds. The predicted molar refractivity (Wildman–Crippen MR) is 231 cm³/mol. The third-order valence-electron chi connectivity index (χ3n) is 10.2. The van der Waals surface area contributed by atoms with Crippen LogP contribution in [0.3, 0.4) is 0 Å². The molecular formula is C49H36N8. The van der Waals surface area contributed by atoms with E-state index in [0.717, 1.165) is 77.3 Å². The quantitative estimate of drug-likeness (QED) is 0.174. The van der Waals surface area contributed by atoms with E-state index in [1.54, 1.807) is 12.7 Å². The van der Waals surface area contributed by atoms with Crippen LogP contribution in [0.5, 0.6) is 0 Å². The van der Waals surface area contributed by atoms with Gasteiger partial charge in [0.05, 0.1) is 22.4 Å². The summed E-state index contributed by atoms with van der Waals surface area (Å²) in [5.74, 6) is 2.28. The molecule has 8 heteroatoms. The van der Waals surface area contributed by atoms with Crippen LogP contribution in [-0.2, 0) is 0 Å². The summed E-state index contributed by atoms with van der Waals surface area (Å²) >= 11 is 0. The Labute approximate surface area is 329 Å². The van der Waals surface area contributed by atoms with Gasteiger partial charge in [0.1, 0.15) is 12.7 Å². The van der Waals surface area contributed by atoms with Gasteiger partial charge in [0.25, 0.3) is 0 Å². The summed E-state index contributed by atoms with van der Waals surface area (Å²) in [6, 6.07) is 54.6. The van der Waals surface area contributed by atoms with E-state index in [0.29, 0.717) is 23.5 Å². The maximum atomic E-state index is 5.08. The number of aromatic nitrogens is 7. The van der Waals surface area contributed by atoms with Gasteiger partial charge in [0.2, 0.25) is 11.9 Å². The molecule has 1 aliphatic heterocycles. The van der Waals surface area contributed by atoms with Crippen molar-refractivity contribution >= 4 is 49.9 Å². The molecule has 7 aromatic carbocycles. The summed E-state index contributed by atoms with van der Waals surface area (Å²) in [5.41, 5.74) is 10.3. The lowest BCUT2D eigenvalue weighted by atomic mass is 9.90. The lowest BCUT2D eigenvalue weighted by molar-refractivity contribution is 0.946. The number of nitrogens with zero attached hydrogens (tertiary/aromatic N) is 8. The summed E-state index contributed by atoms with van der Waals surface area (Å²) < 4.78 is 2.15. The SMILES string of the molecule is CCC.c1ccc(-c2ccc3c(c2)c2cc4c(cc2n3-c2ncnc(-c3ccccc3)n2)N(c2ncnc(-c3ccccc3)n2)c2cccc3cccc-4c23)cc1. The highest BCUT2D eigenvalue weighted by molar-refractivity contribution is 6.19. The lowest BCUT2D eigenvalue weighted by Crippen LogP contribution is -2.18. The van der Waals surface area contributed by atoms with Gasteiger partial charge in [-0.2, -0.15) is 9.97 Å². The highest BCUT2D eigenvalue weighted by Gasteiger charge is 2.30. The van der Waals surface area contributed by atoms with E-state index in [9.17, 15) is 0 Å². The Morgan fingerprint density at radius 2 is 1.02 bits per heavy atom. The molecule has 0 fully saturated rings. The molecule has 57 heavy (non-hydrogen) atoms. The van der Waals surface area contributed by atoms with Crippen LogP contribution in [0, 0.1) is 0 Å². The van der Waals surface area contributed by atoms with E-state index >= 15 is 0 Å². The van der Waals surface area contributed by atoms with Gasteiger partial charge < -0.3 is 0 Å². The Balaban J connectivity index is 0.00000128. The molecule has 0 radical (unpaired) electrons. The molecule has 272 valence electrons. The monoisotopic (exact) mass is 736 g/mol. The molecule has 0 bridgehead atoms. The van der Waals surface area contributed by atoms with Crippen LogP contribution in [0.15, 0.2) is 170 Å². The van der Waals surface area contributed by atoms with E-state index < -0.39 is 0 Å². The zero-order chi connectivity index (χ0) is 38.3. The lowest BCUT2D eigenvalue weighted by Gasteiger charge is -2.32. The van der Waals surface area contributed by atoms with Gasteiger partial charge in [-0.3, -0.25) is 9.47 Å². The Kier molecular flexibility index (Phi) is 8.49. The summed E-state index contributed by atoms with van der Waals surface area (Å²) in [5, 5.41) is 4.47. The van der Waals surface area contributed by atoms with Crippen LogP contribution < -0.4 is 4.90 Å². The van der Waals surface area contributed by atoms with Crippen molar-refractivity contribution in [1.82, 2.24) is 34.5 Å². The maximum absolute atomic E-state index is 5.08. The average Bonchev–Trinajstić information content (AvgIpc) is 3.60. The second kappa shape index (κ2) is 14.2. The van der Waals surface area contributed by atoms with Crippen molar-refractivity contribution in [2.75, 3.05) is 4.90 Å². The Bertz CT molecular complexity index is 3070. The molecule has 0 atom stereocenters. The molecule has 1 aliphatic rings. The van der Waals surface area contributed by atoms with Crippen LogP contribution in [-0.4, -0.2) is 34.5 Å². The first-order chi connectivity index (χ1) is 28.2. The first-order valence-corrected chi connectivity index (χ1v) is 19.2. The fourth-order valence-electron chi connectivity index (χ4n) is 7.80. The molecule has 0 saturated heterocycles. The predicted octanol–water partition coefficient (Wildman–Crippen LogP) is 12.2. The van der Waals surface area contributed by atoms with Gasteiger partial charge >= 0.3 is 0 Å². The number of rotatable bonds is 5. The van der Waals surface area contributed by atoms with E-state index in [4.69, 9.17) is 19.9 Å². The minimum Gasteiger partial charge on any atom is -0.278 e. The van der Waals surface area contributed by atoms with E-state index in [2.05, 4.69) is 124 Å². The topological polar surface area (TPSA) is 85.5 Å². The molecule has 8 nitrogen and oxygen atoms in total. The molecule has 4 heterocycles. The smallest absolute Gasteiger partial charge is 0.238 e. The highest BCUT2D eigenvalue weighted by atomic mass is 15.3. The number of hydrogen-bond donors (Lipinski definition) is 0. The molecule has 0 spiro atoms. The van der Waals surface area contributed by atoms with E-state index in [1.807, 2.05) is 66.7 Å². The fraction of sp³-hybridized carbons (Fsp3) is 0.0612. The highest BCUT2D eigenvalue weighted by Crippen LogP contribution is 2.52. The molecule has 0 N–H and O–H groups in total. The molecule has 0 saturated carbocycles. The number of hydrogen-bond acceptors (Lipinski definition) is 7. The van der Waals surface area contributed by atoms with Crippen molar-refractivity contribution in [1.29, 1.82) is 0 Å². The molecule has 10 aromatic rings. The van der Waals surface area contributed by atoms with Crippen LogP contribution in [0.4, 0.5) is 17.3 Å². The van der Waals surface area contributed by atoms with E-state index in [1.165, 1.54) is 6.42 Å². The third kappa shape index (κ3) is 5.86. The van der Waals surface area contributed by atoms with Crippen LogP contribution in [0.2, 0.25) is 0 Å². The summed E-state index contributed by atoms with van der Waals surface area (Å²) in [4.78, 5) is 31.0. The van der Waals surface area contributed by atoms with Crippen molar-refractivity contribution in [2.45, 2.75) is 20.3 Å². The maximum Gasteiger partial charge on any atom is 0.238 e. The first kappa shape index (κ1) is 33.9. The van der Waals surface area contributed by atoms with Gasteiger partial charge in [-0.05, 0) is 52.4 Å². The average molecular weight is 737 g/mol. The van der Waals surface area contributed by atoms with Gasteiger partial charge in [0, 0.05) is 32.8 Å². The molecular weight excluding hydrogens is 701 g/mol. The summed E-state index contributed by atoms with van der Waals surface area (Å²) in [6.07, 6.45) is 4.44. The number of anilines is 3. The zero-order valence-electron chi connectivity index (χ0n) is 31.5. The van der Waals surface area contributed by atoms with Gasteiger partial charge in [-0.15, -0.1) is 0 Å². The largest absolute Gasteiger partial charge is 0.278 e. The second-order valence-electron chi connectivity index (χ2n) is 14.0. The molecule has 11 rings (SSSR count). The van der Waals surface area contributed by atoms with Crippen molar-refractivity contribution in [3.63, 3.8) is 0 Å². The minimum atomic E-state index is 0.534. The number of benzene rings is 7.